The second-order valence-electron chi connectivity index (χ2n) is 6.74. The topological polar surface area (TPSA) is 58.7 Å². The highest BCUT2D eigenvalue weighted by atomic mass is 35.5. The average molecular weight is 416 g/mol. The van der Waals surface area contributed by atoms with E-state index in [0.717, 1.165) is 35.2 Å². The zero-order valence-corrected chi connectivity index (χ0v) is 17.3. The third kappa shape index (κ3) is 3.52. The number of thioether (sulfide) groups is 1. The molecule has 0 amide bonds. The number of benzene rings is 1. The molecule has 0 saturated carbocycles. The molecule has 1 atom stereocenters. The molecule has 1 aromatic carbocycles. The number of halogens is 1. The first-order valence-electron chi connectivity index (χ1n) is 8.94. The van der Waals surface area contributed by atoms with Gasteiger partial charge in [-0.1, -0.05) is 23.4 Å². The van der Waals surface area contributed by atoms with Crippen LogP contribution in [0, 0.1) is 17.2 Å². The number of hydrogen-bond donors (Lipinski definition) is 0. The predicted octanol–water partition coefficient (Wildman–Crippen LogP) is 5.23. The number of rotatable bonds is 4. The highest BCUT2D eigenvalue weighted by Crippen LogP contribution is 2.35. The summed E-state index contributed by atoms with van der Waals surface area (Å²) in [7, 11) is 0. The Morgan fingerprint density at radius 2 is 2.07 bits per heavy atom. The predicted molar refractivity (Wildman–Crippen MR) is 112 cm³/mol. The molecule has 2 aromatic heterocycles. The van der Waals surface area contributed by atoms with E-state index in [1.54, 1.807) is 28.0 Å². The minimum Gasteiger partial charge on any atom is -0.268 e. The Hall–Kier alpha value is -1.81. The first-order valence-corrected chi connectivity index (χ1v) is 11.1. The van der Waals surface area contributed by atoms with Crippen molar-refractivity contribution in [1.29, 1.82) is 5.26 Å². The van der Waals surface area contributed by atoms with Crippen molar-refractivity contribution in [2.24, 2.45) is 5.92 Å². The van der Waals surface area contributed by atoms with Gasteiger partial charge in [0.15, 0.2) is 5.16 Å². The number of aromatic nitrogens is 2. The molecule has 27 heavy (non-hydrogen) atoms. The molecule has 0 radical (unpaired) electrons. The normalized spacial score (nSPS) is 14.7. The van der Waals surface area contributed by atoms with Gasteiger partial charge in [-0.15, -0.1) is 11.3 Å². The van der Waals surface area contributed by atoms with E-state index >= 15 is 0 Å². The van der Waals surface area contributed by atoms with Gasteiger partial charge in [0.1, 0.15) is 4.83 Å². The molecule has 0 aliphatic heterocycles. The molecular formula is C20H18ClN3OS2. The summed E-state index contributed by atoms with van der Waals surface area (Å²) in [6, 6.07) is 9.49. The van der Waals surface area contributed by atoms with Gasteiger partial charge in [0, 0.05) is 15.7 Å². The highest BCUT2D eigenvalue weighted by Gasteiger charge is 2.23. The van der Waals surface area contributed by atoms with Crippen molar-refractivity contribution in [3.63, 3.8) is 0 Å². The molecule has 0 N–H and O–H groups in total. The molecule has 1 aliphatic carbocycles. The van der Waals surface area contributed by atoms with Gasteiger partial charge < -0.3 is 0 Å². The van der Waals surface area contributed by atoms with Crippen LogP contribution < -0.4 is 5.56 Å². The van der Waals surface area contributed by atoms with Gasteiger partial charge in [-0.2, -0.15) is 5.26 Å². The fraction of sp³-hybridized carbons (Fsp3) is 0.350. The lowest BCUT2D eigenvalue weighted by Crippen LogP contribution is -2.22. The van der Waals surface area contributed by atoms with E-state index in [1.165, 1.54) is 28.6 Å². The third-order valence-corrected chi connectivity index (χ3v) is 7.36. The van der Waals surface area contributed by atoms with Crippen molar-refractivity contribution >= 4 is 44.9 Å². The van der Waals surface area contributed by atoms with Crippen LogP contribution in [0.5, 0.6) is 0 Å². The molecule has 1 aliphatic rings. The fourth-order valence-electron chi connectivity index (χ4n) is 3.34. The van der Waals surface area contributed by atoms with Gasteiger partial charge >= 0.3 is 0 Å². The molecule has 0 bridgehead atoms. The fourth-order valence-corrected chi connectivity index (χ4v) is 5.72. The number of nitriles is 1. The van der Waals surface area contributed by atoms with E-state index in [1.807, 2.05) is 19.1 Å². The number of hydrogen-bond acceptors (Lipinski definition) is 5. The Balaban J connectivity index is 1.93. The Bertz CT molecular complexity index is 1100. The van der Waals surface area contributed by atoms with Gasteiger partial charge in [-0.3, -0.25) is 9.36 Å². The maximum absolute atomic E-state index is 13.5. The van der Waals surface area contributed by atoms with E-state index in [2.05, 4.69) is 6.07 Å². The van der Waals surface area contributed by atoms with Crippen molar-refractivity contribution in [2.75, 3.05) is 5.75 Å². The van der Waals surface area contributed by atoms with Crippen LogP contribution in [0.2, 0.25) is 5.02 Å². The van der Waals surface area contributed by atoms with Crippen LogP contribution in [0.3, 0.4) is 0 Å². The van der Waals surface area contributed by atoms with Crippen LogP contribution in [-0.2, 0) is 12.8 Å². The summed E-state index contributed by atoms with van der Waals surface area (Å²) in [5.41, 5.74) is 1.92. The minimum atomic E-state index is -0.113. The highest BCUT2D eigenvalue weighted by molar-refractivity contribution is 7.99. The molecule has 0 fully saturated rings. The van der Waals surface area contributed by atoms with Crippen LogP contribution in [0.15, 0.2) is 34.2 Å². The SMILES string of the molecule is C[C@@H](C#N)CSc1nc2sc3c(c2c(=O)n1-c1ccc(Cl)cc1)CCCC3. The largest absolute Gasteiger partial charge is 0.268 e. The molecule has 138 valence electrons. The quantitative estimate of drug-likeness (QED) is 0.432. The summed E-state index contributed by atoms with van der Waals surface area (Å²) < 4.78 is 1.68. The van der Waals surface area contributed by atoms with Gasteiger partial charge in [0.2, 0.25) is 0 Å². The standard InChI is InChI=1S/C20H18ClN3OS2/c1-12(10-22)11-26-20-23-18-17(15-4-2-3-5-16(15)27-18)19(25)24(20)14-8-6-13(21)7-9-14/h6-9,12H,2-5,11H2,1H3/t12-/m0/s1. The summed E-state index contributed by atoms with van der Waals surface area (Å²) in [6.45, 7) is 1.88. The van der Waals surface area contributed by atoms with E-state index in [9.17, 15) is 4.79 Å². The van der Waals surface area contributed by atoms with Gasteiger partial charge in [-0.05, 0) is 62.4 Å². The second kappa shape index (κ2) is 7.67. The molecule has 7 heteroatoms. The summed E-state index contributed by atoms with van der Waals surface area (Å²) in [5.74, 6) is 0.477. The Labute approximate surface area is 170 Å². The maximum Gasteiger partial charge on any atom is 0.267 e. The Morgan fingerprint density at radius 1 is 1.33 bits per heavy atom. The van der Waals surface area contributed by atoms with E-state index in [0.29, 0.717) is 15.9 Å². The van der Waals surface area contributed by atoms with Crippen LogP contribution in [0.4, 0.5) is 0 Å². The lowest BCUT2D eigenvalue weighted by Gasteiger charge is -2.14. The second-order valence-corrected chi connectivity index (χ2v) is 9.25. The molecule has 0 unspecified atom stereocenters. The smallest absolute Gasteiger partial charge is 0.267 e. The molecule has 3 aromatic rings. The monoisotopic (exact) mass is 415 g/mol. The average Bonchev–Trinajstić information content (AvgIpc) is 3.05. The van der Waals surface area contributed by atoms with Crippen molar-refractivity contribution in [3.8, 4) is 11.8 Å². The Kier molecular flexibility index (Phi) is 5.27. The molecule has 0 spiro atoms. The Morgan fingerprint density at radius 3 is 2.81 bits per heavy atom. The lowest BCUT2D eigenvalue weighted by molar-refractivity contribution is 0.699. The molecular weight excluding hydrogens is 398 g/mol. The van der Waals surface area contributed by atoms with Crippen molar-refractivity contribution in [3.05, 3.63) is 50.1 Å². The van der Waals surface area contributed by atoms with Crippen LogP contribution in [0.25, 0.3) is 15.9 Å². The van der Waals surface area contributed by atoms with Crippen LogP contribution in [0.1, 0.15) is 30.2 Å². The first-order chi connectivity index (χ1) is 13.1. The first kappa shape index (κ1) is 18.5. The summed E-state index contributed by atoms with van der Waals surface area (Å²) >= 11 is 9.14. The zero-order valence-electron chi connectivity index (χ0n) is 14.9. The van der Waals surface area contributed by atoms with E-state index in [4.69, 9.17) is 21.8 Å². The third-order valence-electron chi connectivity index (χ3n) is 4.73. The van der Waals surface area contributed by atoms with Crippen molar-refractivity contribution in [1.82, 2.24) is 9.55 Å². The van der Waals surface area contributed by atoms with Gasteiger partial charge in [-0.25, -0.2) is 4.98 Å². The number of nitrogens with zero attached hydrogens (tertiary/aromatic N) is 3. The van der Waals surface area contributed by atoms with Crippen LogP contribution >= 0.6 is 34.7 Å². The van der Waals surface area contributed by atoms with Crippen molar-refractivity contribution < 1.29 is 0 Å². The van der Waals surface area contributed by atoms with E-state index < -0.39 is 0 Å². The molecule has 0 saturated heterocycles. The summed E-state index contributed by atoms with van der Waals surface area (Å²) in [6.07, 6.45) is 4.28. The number of aryl methyl sites for hydroxylation is 2. The van der Waals surface area contributed by atoms with Gasteiger partial charge in [0.05, 0.1) is 23.1 Å². The summed E-state index contributed by atoms with van der Waals surface area (Å²) in [5, 5.41) is 11.1. The molecule has 4 rings (SSSR count). The maximum atomic E-state index is 13.5. The lowest BCUT2D eigenvalue weighted by atomic mass is 9.97. The minimum absolute atomic E-state index is 0.0196. The van der Waals surface area contributed by atoms with E-state index in [-0.39, 0.29) is 11.5 Å². The number of thiophene rings is 1. The van der Waals surface area contributed by atoms with Gasteiger partial charge in [0.25, 0.3) is 5.56 Å². The van der Waals surface area contributed by atoms with Crippen molar-refractivity contribution in [2.45, 2.75) is 37.8 Å². The molecule has 2 heterocycles. The number of fused-ring (bicyclic) bond motifs is 3. The zero-order chi connectivity index (χ0) is 19.0. The molecule has 4 nitrogen and oxygen atoms in total. The van der Waals surface area contributed by atoms with Crippen LogP contribution in [-0.4, -0.2) is 15.3 Å². The summed E-state index contributed by atoms with van der Waals surface area (Å²) in [4.78, 5) is 20.5.